The molecule has 8 heteroatoms. The predicted molar refractivity (Wildman–Crippen MR) is 59.1 cm³/mol. The van der Waals surface area contributed by atoms with Crippen molar-refractivity contribution in [1.82, 2.24) is 10.6 Å². The first-order chi connectivity index (χ1) is 7.44. The Morgan fingerprint density at radius 3 is 1.25 bits per heavy atom. The molecule has 0 amide bonds. The Morgan fingerprint density at radius 1 is 1.00 bits per heavy atom. The quantitative estimate of drug-likeness (QED) is 0.290. The van der Waals surface area contributed by atoms with Gasteiger partial charge in [-0.2, -0.15) is 0 Å². The van der Waals surface area contributed by atoms with Crippen molar-refractivity contribution in [3.63, 3.8) is 0 Å². The van der Waals surface area contributed by atoms with Crippen molar-refractivity contribution in [3.05, 3.63) is 0 Å². The second-order valence-corrected chi connectivity index (χ2v) is 2.83. The summed E-state index contributed by atoms with van der Waals surface area (Å²) < 4.78 is 0. The van der Waals surface area contributed by atoms with Crippen LogP contribution in [0.3, 0.4) is 0 Å². The van der Waals surface area contributed by atoms with Gasteiger partial charge in [-0.1, -0.05) is 0 Å². The average molecular weight is 236 g/mol. The summed E-state index contributed by atoms with van der Waals surface area (Å²) in [5, 5.41) is 21.5. The van der Waals surface area contributed by atoms with Crippen LogP contribution in [-0.2, 0) is 9.59 Å². The van der Waals surface area contributed by atoms with Crippen molar-refractivity contribution in [2.24, 2.45) is 11.5 Å². The van der Waals surface area contributed by atoms with Crippen LogP contribution in [0, 0.1) is 0 Å². The third kappa shape index (κ3) is 8.12. The number of carbonyl (C=O) groups is 2. The molecule has 2 atom stereocenters. The summed E-state index contributed by atoms with van der Waals surface area (Å²) in [7, 11) is 3.12. The highest BCUT2D eigenvalue weighted by atomic mass is 16.4. The number of carboxylic acid groups (broad SMARTS) is 2. The normalized spacial score (nSPS) is 13.2. The van der Waals surface area contributed by atoms with Crippen LogP contribution in [0.5, 0.6) is 0 Å². The lowest BCUT2D eigenvalue weighted by molar-refractivity contribution is -0.140. The number of hydrogen-bond donors (Lipinski definition) is 6. The van der Waals surface area contributed by atoms with Crippen LogP contribution in [0.15, 0.2) is 0 Å². The van der Waals surface area contributed by atoms with Crippen molar-refractivity contribution in [2.75, 3.05) is 27.2 Å². The van der Waals surface area contributed by atoms with Gasteiger partial charge in [0.2, 0.25) is 0 Å². The van der Waals surface area contributed by atoms with Crippen LogP contribution in [-0.4, -0.2) is 61.4 Å². The molecule has 8 nitrogen and oxygen atoms in total. The first kappa shape index (κ1) is 17.2. The summed E-state index contributed by atoms with van der Waals surface area (Å²) in [6.45, 7) is 0.262. The summed E-state index contributed by atoms with van der Waals surface area (Å²) in [5.41, 5.74) is 10.1. The molecule has 0 spiro atoms. The van der Waals surface area contributed by atoms with Crippen LogP contribution >= 0.6 is 0 Å². The SMILES string of the molecule is CNC(CN)C(=O)O.CNC(CN)C(=O)O. The van der Waals surface area contributed by atoms with E-state index in [0.717, 1.165) is 0 Å². The average Bonchev–Trinajstić information content (AvgIpc) is 2.21. The van der Waals surface area contributed by atoms with Gasteiger partial charge in [-0.15, -0.1) is 0 Å². The Labute approximate surface area is 94.0 Å². The Balaban J connectivity index is 0. The third-order valence-electron chi connectivity index (χ3n) is 1.76. The van der Waals surface area contributed by atoms with E-state index in [1.165, 1.54) is 0 Å². The van der Waals surface area contributed by atoms with Gasteiger partial charge in [0.1, 0.15) is 12.1 Å². The molecule has 96 valence electrons. The summed E-state index contributed by atoms with van der Waals surface area (Å²) in [4.78, 5) is 20.0. The number of carboxylic acids is 2. The fourth-order valence-corrected chi connectivity index (χ4v) is 0.684. The van der Waals surface area contributed by atoms with E-state index in [-0.39, 0.29) is 13.1 Å². The van der Waals surface area contributed by atoms with Crippen molar-refractivity contribution in [1.29, 1.82) is 0 Å². The lowest BCUT2D eigenvalue weighted by Gasteiger charge is -2.05. The van der Waals surface area contributed by atoms with E-state index < -0.39 is 24.0 Å². The minimum absolute atomic E-state index is 0.131. The minimum atomic E-state index is -0.907. The molecule has 8 N–H and O–H groups in total. The van der Waals surface area contributed by atoms with Crippen molar-refractivity contribution in [2.45, 2.75) is 12.1 Å². The first-order valence-electron chi connectivity index (χ1n) is 4.64. The molecule has 0 aromatic rings. The smallest absolute Gasteiger partial charge is 0.322 e. The van der Waals surface area contributed by atoms with Gasteiger partial charge in [0.25, 0.3) is 0 Å². The van der Waals surface area contributed by atoms with E-state index in [9.17, 15) is 9.59 Å². The van der Waals surface area contributed by atoms with E-state index >= 15 is 0 Å². The van der Waals surface area contributed by atoms with E-state index in [1.807, 2.05) is 0 Å². The maximum Gasteiger partial charge on any atom is 0.322 e. The monoisotopic (exact) mass is 236 g/mol. The van der Waals surface area contributed by atoms with Crippen LogP contribution in [0.25, 0.3) is 0 Å². The van der Waals surface area contributed by atoms with Crippen LogP contribution in [0.2, 0.25) is 0 Å². The Morgan fingerprint density at radius 2 is 1.25 bits per heavy atom. The summed E-state index contributed by atoms with van der Waals surface area (Å²) in [6, 6.07) is -1.20. The molecule has 0 saturated heterocycles. The molecule has 16 heavy (non-hydrogen) atoms. The molecule has 0 heterocycles. The fourth-order valence-electron chi connectivity index (χ4n) is 0.684. The van der Waals surface area contributed by atoms with Crippen LogP contribution < -0.4 is 22.1 Å². The topological polar surface area (TPSA) is 151 Å². The number of likely N-dealkylation sites (N-methyl/N-ethyl adjacent to an activating group) is 2. The van der Waals surface area contributed by atoms with E-state index in [0.29, 0.717) is 0 Å². The lowest BCUT2D eigenvalue weighted by atomic mass is 10.3. The van der Waals surface area contributed by atoms with Crippen LogP contribution in [0.1, 0.15) is 0 Å². The number of nitrogens with two attached hydrogens (primary N) is 2. The van der Waals surface area contributed by atoms with E-state index in [1.54, 1.807) is 14.1 Å². The predicted octanol–water partition coefficient (Wildman–Crippen LogP) is -2.76. The van der Waals surface area contributed by atoms with Gasteiger partial charge in [-0.25, -0.2) is 0 Å². The fraction of sp³-hybridized carbons (Fsp3) is 0.750. The maximum atomic E-state index is 10.0. The zero-order chi connectivity index (χ0) is 13.1. The van der Waals surface area contributed by atoms with Crippen molar-refractivity contribution >= 4 is 11.9 Å². The Kier molecular flexibility index (Phi) is 11.1. The third-order valence-corrected chi connectivity index (χ3v) is 1.76. The summed E-state index contributed by atoms with van der Waals surface area (Å²) in [6.07, 6.45) is 0. The Bertz CT molecular complexity index is 182. The van der Waals surface area contributed by atoms with Crippen molar-refractivity contribution in [3.8, 4) is 0 Å². The number of nitrogens with one attached hydrogen (secondary N) is 2. The highest BCUT2D eigenvalue weighted by molar-refractivity contribution is 5.73. The molecule has 0 bridgehead atoms. The van der Waals surface area contributed by atoms with E-state index in [4.69, 9.17) is 21.7 Å². The van der Waals surface area contributed by atoms with Crippen LogP contribution in [0.4, 0.5) is 0 Å². The molecule has 0 aliphatic heterocycles. The molecule has 2 unspecified atom stereocenters. The highest BCUT2D eigenvalue weighted by Crippen LogP contribution is 1.75. The second kappa shape index (κ2) is 10.3. The molecule has 0 aliphatic carbocycles. The number of aliphatic carboxylic acids is 2. The first-order valence-corrected chi connectivity index (χ1v) is 4.64. The molecule has 0 aliphatic rings. The van der Waals surface area contributed by atoms with Crippen molar-refractivity contribution < 1.29 is 19.8 Å². The molecule has 0 radical (unpaired) electrons. The van der Waals surface area contributed by atoms with E-state index in [2.05, 4.69) is 10.6 Å². The standard InChI is InChI=1S/2C4H10N2O2/c2*1-6-3(2-5)4(7)8/h2*3,6H,2,5H2,1H3,(H,7,8). The van der Waals surface area contributed by atoms with Gasteiger partial charge in [-0.05, 0) is 14.1 Å². The second-order valence-electron chi connectivity index (χ2n) is 2.83. The largest absolute Gasteiger partial charge is 0.480 e. The van der Waals surface area contributed by atoms with Gasteiger partial charge >= 0.3 is 11.9 Å². The lowest BCUT2D eigenvalue weighted by Crippen LogP contribution is -2.40. The maximum absolute atomic E-state index is 10.0. The number of rotatable bonds is 6. The highest BCUT2D eigenvalue weighted by Gasteiger charge is 2.10. The molecule has 0 aromatic carbocycles. The summed E-state index contributed by atoms with van der Waals surface area (Å²) >= 11 is 0. The molecule has 0 aromatic heterocycles. The Hall–Kier alpha value is -1.22. The molecular weight excluding hydrogens is 216 g/mol. The van der Waals surface area contributed by atoms with Gasteiger partial charge in [0.05, 0.1) is 0 Å². The minimum Gasteiger partial charge on any atom is -0.480 e. The zero-order valence-electron chi connectivity index (χ0n) is 9.43. The molecule has 0 fully saturated rings. The molecule has 0 rings (SSSR count). The van der Waals surface area contributed by atoms with Gasteiger partial charge in [-0.3, -0.25) is 9.59 Å². The molecular formula is C8H20N4O4. The number of hydrogen-bond acceptors (Lipinski definition) is 6. The van der Waals surface area contributed by atoms with Gasteiger partial charge in [0, 0.05) is 13.1 Å². The van der Waals surface area contributed by atoms with Gasteiger partial charge < -0.3 is 32.3 Å². The zero-order valence-corrected chi connectivity index (χ0v) is 9.43. The van der Waals surface area contributed by atoms with Gasteiger partial charge in [0.15, 0.2) is 0 Å². The summed E-state index contributed by atoms with van der Waals surface area (Å²) in [5.74, 6) is -1.81. The molecule has 0 saturated carbocycles.